The molecule has 1 aromatic rings. The van der Waals surface area contributed by atoms with E-state index in [-0.39, 0.29) is 17.9 Å². The predicted molar refractivity (Wildman–Crippen MR) is 90.3 cm³/mol. The molecule has 0 saturated carbocycles. The van der Waals surface area contributed by atoms with E-state index in [2.05, 4.69) is 0 Å². The second-order valence-electron chi connectivity index (χ2n) is 6.66. The minimum atomic E-state index is -0.771. The van der Waals surface area contributed by atoms with E-state index in [4.69, 9.17) is 16.3 Å². The number of amides is 1. The van der Waals surface area contributed by atoms with Crippen molar-refractivity contribution in [2.75, 3.05) is 19.7 Å². The fourth-order valence-corrected chi connectivity index (χ4v) is 4.04. The molecule has 5 nitrogen and oxygen atoms in total. The van der Waals surface area contributed by atoms with Crippen molar-refractivity contribution in [2.24, 2.45) is 11.8 Å². The lowest BCUT2D eigenvalue weighted by Crippen LogP contribution is -2.43. The van der Waals surface area contributed by atoms with Crippen molar-refractivity contribution < 1.29 is 19.4 Å². The molecule has 1 amide bonds. The van der Waals surface area contributed by atoms with E-state index in [0.29, 0.717) is 36.7 Å². The predicted octanol–water partition coefficient (Wildman–Crippen LogP) is 2.99. The monoisotopic (exact) mass is 351 g/mol. The molecule has 0 aromatic heterocycles. The Morgan fingerprint density at radius 2 is 1.96 bits per heavy atom. The molecular weight excluding hydrogens is 330 g/mol. The highest BCUT2D eigenvalue weighted by Gasteiger charge is 2.40. The van der Waals surface area contributed by atoms with Gasteiger partial charge in [0.2, 0.25) is 0 Å². The Labute approximate surface area is 146 Å². The molecular formula is C18H22ClNO4. The molecule has 24 heavy (non-hydrogen) atoms. The van der Waals surface area contributed by atoms with Crippen molar-refractivity contribution in [3.8, 4) is 0 Å². The largest absolute Gasteiger partial charge is 0.481 e. The summed E-state index contributed by atoms with van der Waals surface area (Å²) in [5.74, 6) is -0.947. The highest BCUT2D eigenvalue weighted by atomic mass is 35.5. The minimum Gasteiger partial charge on any atom is -0.481 e. The van der Waals surface area contributed by atoms with Crippen LogP contribution in [-0.4, -0.2) is 47.7 Å². The van der Waals surface area contributed by atoms with Crippen LogP contribution in [0.25, 0.3) is 0 Å². The van der Waals surface area contributed by atoms with Gasteiger partial charge in [0.25, 0.3) is 5.91 Å². The number of hydrogen-bond acceptors (Lipinski definition) is 3. The molecule has 2 fully saturated rings. The molecule has 0 bridgehead atoms. The Bertz CT molecular complexity index is 640. The summed E-state index contributed by atoms with van der Waals surface area (Å²) in [6, 6.07) is 5.30. The van der Waals surface area contributed by atoms with E-state index < -0.39 is 11.9 Å². The average molecular weight is 352 g/mol. The fourth-order valence-electron chi connectivity index (χ4n) is 3.81. The molecule has 2 saturated heterocycles. The summed E-state index contributed by atoms with van der Waals surface area (Å²) in [5, 5.41) is 9.93. The number of aliphatic carboxylic acids is 1. The van der Waals surface area contributed by atoms with Gasteiger partial charge >= 0.3 is 5.97 Å². The van der Waals surface area contributed by atoms with Gasteiger partial charge in [-0.05, 0) is 55.9 Å². The molecule has 3 rings (SSSR count). The molecule has 2 atom stereocenters. The summed E-state index contributed by atoms with van der Waals surface area (Å²) in [4.78, 5) is 25.9. The lowest BCUT2D eigenvalue weighted by atomic mass is 9.84. The van der Waals surface area contributed by atoms with Crippen LogP contribution < -0.4 is 0 Å². The van der Waals surface area contributed by atoms with Gasteiger partial charge in [-0.1, -0.05) is 11.6 Å². The number of nitrogens with zero attached hydrogens (tertiary/aromatic N) is 1. The van der Waals surface area contributed by atoms with Crippen molar-refractivity contribution in [3.63, 3.8) is 0 Å². The first-order chi connectivity index (χ1) is 11.5. The van der Waals surface area contributed by atoms with Crippen molar-refractivity contribution in [1.82, 2.24) is 4.90 Å². The summed E-state index contributed by atoms with van der Waals surface area (Å²) >= 11 is 5.95. The Morgan fingerprint density at radius 1 is 1.25 bits per heavy atom. The Kier molecular flexibility index (Phi) is 5.11. The first-order valence-electron chi connectivity index (χ1n) is 8.37. The van der Waals surface area contributed by atoms with Gasteiger partial charge in [0.05, 0.1) is 12.0 Å². The quantitative estimate of drug-likeness (QED) is 0.909. The van der Waals surface area contributed by atoms with E-state index in [9.17, 15) is 14.7 Å². The van der Waals surface area contributed by atoms with Crippen molar-refractivity contribution in [3.05, 3.63) is 34.3 Å². The maximum absolute atomic E-state index is 12.7. The average Bonchev–Trinajstić information content (AvgIpc) is 3.04. The zero-order valence-electron chi connectivity index (χ0n) is 13.7. The Balaban J connectivity index is 1.62. The van der Waals surface area contributed by atoms with Crippen LogP contribution in [0.15, 0.2) is 18.2 Å². The number of benzene rings is 1. The van der Waals surface area contributed by atoms with E-state index >= 15 is 0 Å². The molecule has 0 spiro atoms. The maximum Gasteiger partial charge on any atom is 0.309 e. The Hall–Kier alpha value is -1.59. The number of hydrogen-bond donors (Lipinski definition) is 1. The van der Waals surface area contributed by atoms with Gasteiger partial charge in [0, 0.05) is 30.3 Å². The third-order valence-electron chi connectivity index (χ3n) is 5.16. The summed E-state index contributed by atoms with van der Waals surface area (Å²) in [5.41, 5.74) is 1.55. The first-order valence-corrected chi connectivity index (χ1v) is 8.75. The molecule has 1 unspecified atom stereocenters. The zero-order valence-corrected chi connectivity index (χ0v) is 14.5. The highest BCUT2D eigenvalue weighted by molar-refractivity contribution is 6.30. The van der Waals surface area contributed by atoms with E-state index in [1.165, 1.54) is 0 Å². The molecule has 1 N–H and O–H groups in total. The SMILES string of the molecule is Cc1cc(Cl)ccc1C(=O)N1CCC([C@@H]2OCCC2C(=O)O)CC1. The summed E-state index contributed by atoms with van der Waals surface area (Å²) < 4.78 is 5.68. The molecule has 6 heteroatoms. The van der Waals surface area contributed by atoms with E-state index in [1.807, 2.05) is 11.8 Å². The van der Waals surface area contributed by atoms with Crippen LogP contribution in [0, 0.1) is 18.8 Å². The number of carboxylic acid groups (broad SMARTS) is 1. The van der Waals surface area contributed by atoms with Gasteiger partial charge in [0.1, 0.15) is 0 Å². The van der Waals surface area contributed by atoms with Crippen LogP contribution in [0.1, 0.15) is 35.2 Å². The van der Waals surface area contributed by atoms with Gasteiger partial charge in [-0.15, -0.1) is 0 Å². The molecule has 0 aliphatic carbocycles. The molecule has 2 heterocycles. The summed E-state index contributed by atoms with van der Waals surface area (Å²) in [6.45, 7) is 3.68. The summed E-state index contributed by atoms with van der Waals surface area (Å²) in [6.07, 6.45) is 1.94. The number of carbonyl (C=O) groups is 2. The number of carbonyl (C=O) groups excluding carboxylic acids is 1. The Morgan fingerprint density at radius 3 is 2.58 bits per heavy atom. The van der Waals surface area contributed by atoms with Crippen molar-refractivity contribution in [2.45, 2.75) is 32.3 Å². The number of ether oxygens (including phenoxy) is 1. The van der Waals surface area contributed by atoms with E-state index in [1.54, 1.807) is 18.2 Å². The molecule has 2 aliphatic rings. The standard InChI is InChI=1S/C18H22ClNO4/c1-11-10-13(19)2-3-14(11)17(21)20-7-4-12(5-8-20)16-15(18(22)23)6-9-24-16/h2-3,10,12,15-16H,4-9H2,1H3,(H,22,23)/t15?,16-/m0/s1. The van der Waals surface area contributed by atoms with Crippen LogP contribution in [0.5, 0.6) is 0 Å². The normalized spacial score (nSPS) is 25.0. The van der Waals surface area contributed by atoms with Crippen LogP contribution in [0.4, 0.5) is 0 Å². The van der Waals surface area contributed by atoms with Crippen LogP contribution >= 0.6 is 11.6 Å². The highest BCUT2D eigenvalue weighted by Crippen LogP contribution is 2.33. The van der Waals surface area contributed by atoms with Gasteiger partial charge in [0.15, 0.2) is 0 Å². The lowest BCUT2D eigenvalue weighted by Gasteiger charge is -2.35. The van der Waals surface area contributed by atoms with Crippen LogP contribution in [-0.2, 0) is 9.53 Å². The smallest absolute Gasteiger partial charge is 0.309 e. The topological polar surface area (TPSA) is 66.8 Å². The second-order valence-corrected chi connectivity index (χ2v) is 7.09. The third kappa shape index (κ3) is 3.42. The maximum atomic E-state index is 12.7. The number of halogens is 1. The van der Waals surface area contributed by atoms with Gasteiger partial charge in [-0.3, -0.25) is 9.59 Å². The molecule has 130 valence electrons. The van der Waals surface area contributed by atoms with Gasteiger partial charge in [-0.2, -0.15) is 0 Å². The number of aryl methyl sites for hydroxylation is 1. The van der Waals surface area contributed by atoms with Gasteiger partial charge < -0.3 is 14.7 Å². The molecule has 0 radical (unpaired) electrons. The van der Waals surface area contributed by atoms with E-state index in [0.717, 1.165) is 18.4 Å². The van der Waals surface area contributed by atoms with Crippen LogP contribution in [0.3, 0.4) is 0 Å². The second kappa shape index (κ2) is 7.11. The molecule has 2 aliphatic heterocycles. The number of carboxylic acids is 1. The summed E-state index contributed by atoms with van der Waals surface area (Å²) in [7, 11) is 0. The van der Waals surface area contributed by atoms with Crippen molar-refractivity contribution in [1.29, 1.82) is 0 Å². The fraction of sp³-hybridized carbons (Fsp3) is 0.556. The molecule has 1 aromatic carbocycles. The first kappa shape index (κ1) is 17.2. The third-order valence-corrected chi connectivity index (χ3v) is 5.40. The number of rotatable bonds is 3. The minimum absolute atomic E-state index is 0.0183. The number of piperidine rings is 1. The lowest BCUT2D eigenvalue weighted by molar-refractivity contribution is -0.145. The van der Waals surface area contributed by atoms with Gasteiger partial charge in [-0.25, -0.2) is 0 Å². The number of likely N-dealkylation sites (tertiary alicyclic amines) is 1. The zero-order chi connectivity index (χ0) is 17.3. The van der Waals surface area contributed by atoms with Crippen LogP contribution in [0.2, 0.25) is 5.02 Å². The van der Waals surface area contributed by atoms with Crippen molar-refractivity contribution >= 4 is 23.5 Å².